The maximum Gasteiger partial charge on any atom is 0.220 e. The number of amides is 1. The minimum Gasteiger partial charge on any atom is -0.369 e. The van der Waals surface area contributed by atoms with Gasteiger partial charge < -0.3 is 15.6 Å². The number of nitrogens with zero attached hydrogens (tertiary/aromatic N) is 2. The molecule has 0 aliphatic heterocycles. The number of aryl methyl sites for hydroxylation is 1. The molecule has 3 N–H and O–H groups in total. The summed E-state index contributed by atoms with van der Waals surface area (Å²) in [6, 6.07) is 0.414. The predicted octanol–water partition coefficient (Wildman–Crippen LogP) is 0.876. The monoisotopic (exact) mass is 222 g/mol. The molecule has 0 saturated heterocycles. The Hall–Kier alpha value is -1.52. The van der Waals surface area contributed by atoms with Gasteiger partial charge >= 0.3 is 0 Å². The molecule has 1 aliphatic rings. The van der Waals surface area contributed by atoms with Crippen molar-refractivity contribution in [3.8, 4) is 0 Å². The fraction of sp³-hybridized carbons (Fsp3) is 0.636. The van der Waals surface area contributed by atoms with Crippen LogP contribution in [0.25, 0.3) is 0 Å². The minimum absolute atomic E-state index is 0.0689. The molecule has 16 heavy (non-hydrogen) atoms. The summed E-state index contributed by atoms with van der Waals surface area (Å²) in [5.41, 5.74) is 5.30. The zero-order valence-electron chi connectivity index (χ0n) is 9.52. The molecule has 2 rings (SSSR count). The Morgan fingerprint density at radius 3 is 2.69 bits per heavy atom. The molecule has 0 bridgehead atoms. The summed E-state index contributed by atoms with van der Waals surface area (Å²) in [6.45, 7) is 0. The molecule has 88 valence electrons. The van der Waals surface area contributed by atoms with Gasteiger partial charge in [-0.1, -0.05) is 0 Å². The second kappa shape index (κ2) is 4.55. The number of aromatic nitrogens is 2. The molecule has 0 radical (unpaired) electrons. The second-order valence-corrected chi connectivity index (χ2v) is 4.46. The van der Waals surface area contributed by atoms with Crippen molar-refractivity contribution in [2.45, 2.75) is 31.7 Å². The molecule has 1 saturated carbocycles. The van der Waals surface area contributed by atoms with Crippen molar-refractivity contribution in [1.29, 1.82) is 0 Å². The summed E-state index contributed by atoms with van der Waals surface area (Å²) < 4.78 is 1.96. The maximum atomic E-state index is 11.0. The van der Waals surface area contributed by atoms with Crippen LogP contribution in [0.5, 0.6) is 0 Å². The van der Waals surface area contributed by atoms with Crippen LogP contribution < -0.4 is 11.1 Å². The summed E-state index contributed by atoms with van der Waals surface area (Å²) in [4.78, 5) is 15.2. The first kappa shape index (κ1) is 11.0. The number of primary amides is 1. The van der Waals surface area contributed by atoms with Crippen molar-refractivity contribution < 1.29 is 4.79 Å². The van der Waals surface area contributed by atoms with E-state index in [0.29, 0.717) is 6.04 Å². The van der Waals surface area contributed by atoms with Gasteiger partial charge in [-0.15, -0.1) is 0 Å². The van der Waals surface area contributed by atoms with E-state index in [4.69, 9.17) is 5.73 Å². The lowest BCUT2D eigenvalue weighted by atomic mass is 9.86. The highest BCUT2D eigenvalue weighted by Gasteiger charge is 2.24. The first-order valence-electron chi connectivity index (χ1n) is 5.70. The van der Waals surface area contributed by atoms with E-state index >= 15 is 0 Å². The van der Waals surface area contributed by atoms with Crippen LogP contribution in [0.3, 0.4) is 0 Å². The van der Waals surface area contributed by atoms with Gasteiger partial charge in [0.05, 0.1) is 0 Å². The predicted molar refractivity (Wildman–Crippen MR) is 61.8 cm³/mol. The lowest BCUT2D eigenvalue weighted by Crippen LogP contribution is -2.33. The van der Waals surface area contributed by atoms with E-state index in [2.05, 4.69) is 10.3 Å². The van der Waals surface area contributed by atoms with Crippen molar-refractivity contribution in [2.75, 3.05) is 5.32 Å². The van der Waals surface area contributed by atoms with E-state index < -0.39 is 0 Å². The van der Waals surface area contributed by atoms with Gasteiger partial charge in [-0.25, -0.2) is 4.98 Å². The Morgan fingerprint density at radius 2 is 2.19 bits per heavy atom. The normalized spacial score (nSPS) is 25.3. The van der Waals surface area contributed by atoms with Crippen molar-refractivity contribution >= 4 is 11.9 Å². The first-order chi connectivity index (χ1) is 7.66. The number of anilines is 1. The van der Waals surface area contributed by atoms with Crippen LogP contribution in [0, 0.1) is 5.92 Å². The SMILES string of the molecule is Cn1ccnc1NC1CCC(C(N)=O)CC1. The van der Waals surface area contributed by atoms with Crippen LogP contribution in [0.1, 0.15) is 25.7 Å². The number of nitrogens with one attached hydrogen (secondary N) is 1. The summed E-state index contributed by atoms with van der Waals surface area (Å²) in [5.74, 6) is 0.803. The fourth-order valence-electron chi connectivity index (χ4n) is 2.21. The molecule has 5 nitrogen and oxygen atoms in total. The number of carbonyl (C=O) groups excluding carboxylic acids is 1. The topological polar surface area (TPSA) is 72.9 Å². The Kier molecular flexibility index (Phi) is 3.12. The quantitative estimate of drug-likeness (QED) is 0.797. The molecule has 0 unspecified atom stereocenters. The molecule has 1 heterocycles. The van der Waals surface area contributed by atoms with E-state index in [-0.39, 0.29) is 11.8 Å². The van der Waals surface area contributed by atoms with Gasteiger partial charge in [0.2, 0.25) is 11.9 Å². The zero-order valence-corrected chi connectivity index (χ0v) is 9.52. The Labute approximate surface area is 95.0 Å². The molecule has 1 aromatic heterocycles. The van der Waals surface area contributed by atoms with E-state index in [1.165, 1.54) is 0 Å². The Morgan fingerprint density at radius 1 is 1.50 bits per heavy atom. The van der Waals surface area contributed by atoms with E-state index in [1.807, 2.05) is 17.8 Å². The third-order valence-electron chi connectivity index (χ3n) is 3.28. The summed E-state index contributed by atoms with van der Waals surface area (Å²) >= 11 is 0. The van der Waals surface area contributed by atoms with Crippen molar-refractivity contribution in [1.82, 2.24) is 9.55 Å². The van der Waals surface area contributed by atoms with Crippen molar-refractivity contribution in [2.24, 2.45) is 18.7 Å². The third kappa shape index (κ3) is 2.35. The average Bonchev–Trinajstić information content (AvgIpc) is 2.65. The molecule has 0 spiro atoms. The second-order valence-electron chi connectivity index (χ2n) is 4.46. The molecule has 0 atom stereocenters. The number of hydrogen-bond acceptors (Lipinski definition) is 3. The molecule has 1 aromatic rings. The number of nitrogens with two attached hydrogens (primary N) is 1. The molecular formula is C11H18N4O. The highest BCUT2D eigenvalue weighted by atomic mass is 16.1. The van der Waals surface area contributed by atoms with Crippen LogP contribution >= 0.6 is 0 Å². The van der Waals surface area contributed by atoms with Crippen LogP contribution in [-0.4, -0.2) is 21.5 Å². The maximum absolute atomic E-state index is 11.0. The highest BCUT2D eigenvalue weighted by Crippen LogP contribution is 2.25. The highest BCUT2D eigenvalue weighted by molar-refractivity contribution is 5.76. The van der Waals surface area contributed by atoms with Crippen LogP contribution in [0.4, 0.5) is 5.95 Å². The van der Waals surface area contributed by atoms with Crippen LogP contribution in [0.2, 0.25) is 0 Å². The lowest BCUT2D eigenvalue weighted by Gasteiger charge is -2.27. The lowest BCUT2D eigenvalue weighted by molar-refractivity contribution is -0.122. The molecule has 1 aliphatic carbocycles. The largest absolute Gasteiger partial charge is 0.369 e. The average molecular weight is 222 g/mol. The van der Waals surface area contributed by atoms with Gasteiger partial charge in [0.15, 0.2) is 0 Å². The van der Waals surface area contributed by atoms with Crippen molar-refractivity contribution in [3.63, 3.8) is 0 Å². The van der Waals surface area contributed by atoms with Gasteiger partial charge in [0.1, 0.15) is 0 Å². The number of carbonyl (C=O) groups is 1. The first-order valence-corrected chi connectivity index (χ1v) is 5.70. The summed E-state index contributed by atoms with van der Waals surface area (Å²) in [6.07, 6.45) is 7.44. The standard InChI is InChI=1S/C11H18N4O/c1-15-7-6-13-11(15)14-9-4-2-8(3-5-9)10(12)16/h6-9H,2-5H2,1H3,(H2,12,16)(H,13,14). The number of imidazole rings is 1. The van der Waals surface area contributed by atoms with Gasteiger partial charge in [-0.2, -0.15) is 0 Å². The van der Waals surface area contributed by atoms with Crippen LogP contribution in [0.15, 0.2) is 12.4 Å². The van der Waals surface area contributed by atoms with Crippen molar-refractivity contribution in [3.05, 3.63) is 12.4 Å². The molecule has 0 aromatic carbocycles. The van der Waals surface area contributed by atoms with Gasteiger partial charge in [0.25, 0.3) is 0 Å². The Balaban J connectivity index is 1.86. The van der Waals surface area contributed by atoms with Gasteiger partial charge in [-0.3, -0.25) is 4.79 Å². The third-order valence-corrected chi connectivity index (χ3v) is 3.28. The van der Waals surface area contributed by atoms with E-state index in [9.17, 15) is 4.79 Å². The smallest absolute Gasteiger partial charge is 0.220 e. The summed E-state index contributed by atoms with van der Waals surface area (Å²) in [5, 5.41) is 3.39. The molecular weight excluding hydrogens is 204 g/mol. The van der Waals surface area contributed by atoms with Crippen LogP contribution in [-0.2, 0) is 11.8 Å². The molecule has 5 heteroatoms. The van der Waals surface area contributed by atoms with Gasteiger partial charge in [0, 0.05) is 31.4 Å². The van der Waals surface area contributed by atoms with Gasteiger partial charge in [-0.05, 0) is 25.7 Å². The van der Waals surface area contributed by atoms with E-state index in [1.54, 1.807) is 6.20 Å². The fourth-order valence-corrected chi connectivity index (χ4v) is 2.21. The summed E-state index contributed by atoms with van der Waals surface area (Å²) in [7, 11) is 1.96. The number of rotatable bonds is 3. The number of hydrogen-bond donors (Lipinski definition) is 2. The van der Waals surface area contributed by atoms with E-state index in [0.717, 1.165) is 31.6 Å². The minimum atomic E-state index is -0.157. The molecule has 1 fully saturated rings. The Bertz CT molecular complexity index is 366. The molecule has 1 amide bonds. The zero-order chi connectivity index (χ0) is 11.5.